The largest absolute Gasteiger partial charge is 0.310 e. The van der Waals surface area contributed by atoms with Crippen LogP contribution in [-0.2, 0) is 13.0 Å². The summed E-state index contributed by atoms with van der Waals surface area (Å²) in [7, 11) is 0. The Labute approximate surface area is 114 Å². The van der Waals surface area contributed by atoms with Gasteiger partial charge in [0.05, 0.1) is 11.6 Å². The number of benzene rings is 2. The summed E-state index contributed by atoms with van der Waals surface area (Å²) < 4.78 is 0. The molecule has 0 aromatic heterocycles. The second kappa shape index (κ2) is 6.72. The van der Waals surface area contributed by atoms with E-state index in [1.807, 2.05) is 30.3 Å². The SMILES string of the molecule is CC(Cc1ccccc1)NCc1ccc(C#N)cc1. The van der Waals surface area contributed by atoms with Crippen LogP contribution in [0.4, 0.5) is 0 Å². The Morgan fingerprint density at radius 2 is 1.68 bits per heavy atom. The lowest BCUT2D eigenvalue weighted by Crippen LogP contribution is -2.27. The minimum Gasteiger partial charge on any atom is -0.310 e. The van der Waals surface area contributed by atoms with Crippen LogP contribution in [-0.4, -0.2) is 6.04 Å². The zero-order valence-corrected chi connectivity index (χ0v) is 11.1. The predicted molar refractivity (Wildman–Crippen MR) is 77.6 cm³/mol. The van der Waals surface area contributed by atoms with Gasteiger partial charge in [-0.3, -0.25) is 0 Å². The highest BCUT2D eigenvalue weighted by Crippen LogP contribution is 2.06. The maximum atomic E-state index is 8.75. The van der Waals surface area contributed by atoms with Crippen LogP contribution < -0.4 is 5.32 Å². The van der Waals surface area contributed by atoms with Crippen LogP contribution in [0.1, 0.15) is 23.6 Å². The van der Waals surface area contributed by atoms with Crippen molar-refractivity contribution in [1.29, 1.82) is 5.26 Å². The third-order valence-corrected chi connectivity index (χ3v) is 3.12. The first-order valence-corrected chi connectivity index (χ1v) is 6.54. The van der Waals surface area contributed by atoms with Gasteiger partial charge in [-0.2, -0.15) is 5.26 Å². The second-order valence-corrected chi connectivity index (χ2v) is 4.78. The number of nitrogens with zero attached hydrogens (tertiary/aromatic N) is 1. The highest BCUT2D eigenvalue weighted by molar-refractivity contribution is 5.31. The van der Waals surface area contributed by atoms with E-state index in [1.54, 1.807) is 0 Å². The summed E-state index contributed by atoms with van der Waals surface area (Å²) in [6.45, 7) is 3.02. The van der Waals surface area contributed by atoms with Crippen LogP contribution in [0.15, 0.2) is 54.6 Å². The molecule has 0 aliphatic heterocycles. The molecule has 0 radical (unpaired) electrons. The molecule has 0 spiro atoms. The van der Waals surface area contributed by atoms with Crippen molar-refractivity contribution >= 4 is 0 Å². The summed E-state index contributed by atoms with van der Waals surface area (Å²) in [5.74, 6) is 0. The van der Waals surface area contributed by atoms with Gasteiger partial charge in [-0.05, 0) is 36.6 Å². The third-order valence-electron chi connectivity index (χ3n) is 3.12. The molecule has 0 fully saturated rings. The maximum absolute atomic E-state index is 8.75. The normalized spacial score (nSPS) is 11.8. The number of hydrogen-bond acceptors (Lipinski definition) is 2. The summed E-state index contributed by atoms with van der Waals surface area (Å²) in [5, 5.41) is 12.2. The van der Waals surface area contributed by atoms with Gasteiger partial charge >= 0.3 is 0 Å². The first-order valence-electron chi connectivity index (χ1n) is 6.54. The van der Waals surface area contributed by atoms with Crippen molar-refractivity contribution in [2.45, 2.75) is 25.9 Å². The summed E-state index contributed by atoms with van der Waals surface area (Å²) in [6, 6.07) is 20.8. The van der Waals surface area contributed by atoms with E-state index in [0.717, 1.165) is 13.0 Å². The van der Waals surface area contributed by atoms with Gasteiger partial charge in [0, 0.05) is 12.6 Å². The number of nitrogens with one attached hydrogen (secondary N) is 1. The van der Waals surface area contributed by atoms with E-state index in [-0.39, 0.29) is 0 Å². The fourth-order valence-corrected chi connectivity index (χ4v) is 2.03. The minimum absolute atomic E-state index is 0.429. The Hall–Kier alpha value is -2.11. The number of hydrogen-bond donors (Lipinski definition) is 1. The van der Waals surface area contributed by atoms with Gasteiger partial charge in [-0.1, -0.05) is 42.5 Å². The van der Waals surface area contributed by atoms with E-state index in [2.05, 4.69) is 42.6 Å². The average Bonchev–Trinajstić information content (AvgIpc) is 2.47. The molecule has 2 rings (SSSR count). The van der Waals surface area contributed by atoms with Crippen molar-refractivity contribution in [1.82, 2.24) is 5.32 Å². The van der Waals surface area contributed by atoms with Gasteiger partial charge < -0.3 is 5.32 Å². The van der Waals surface area contributed by atoms with E-state index in [0.29, 0.717) is 11.6 Å². The molecular formula is C17H18N2. The monoisotopic (exact) mass is 250 g/mol. The fraction of sp³-hybridized carbons (Fsp3) is 0.235. The van der Waals surface area contributed by atoms with Crippen molar-refractivity contribution in [2.75, 3.05) is 0 Å². The second-order valence-electron chi connectivity index (χ2n) is 4.78. The smallest absolute Gasteiger partial charge is 0.0991 e. The van der Waals surface area contributed by atoms with Gasteiger partial charge in [0.2, 0.25) is 0 Å². The molecule has 2 heteroatoms. The molecule has 2 aromatic rings. The molecule has 1 N–H and O–H groups in total. The molecule has 2 aromatic carbocycles. The minimum atomic E-state index is 0.429. The standard InChI is InChI=1S/C17H18N2/c1-14(11-15-5-3-2-4-6-15)19-13-17-9-7-16(12-18)8-10-17/h2-10,14,19H,11,13H2,1H3. The Kier molecular flexibility index (Phi) is 4.72. The molecule has 0 heterocycles. The van der Waals surface area contributed by atoms with Gasteiger partial charge in [0.1, 0.15) is 0 Å². The molecule has 1 atom stereocenters. The zero-order chi connectivity index (χ0) is 13.5. The van der Waals surface area contributed by atoms with Crippen molar-refractivity contribution in [3.8, 4) is 6.07 Å². The maximum Gasteiger partial charge on any atom is 0.0991 e. The van der Waals surface area contributed by atoms with Gasteiger partial charge in [-0.25, -0.2) is 0 Å². The van der Waals surface area contributed by atoms with Crippen LogP contribution in [0.3, 0.4) is 0 Å². The quantitative estimate of drug-likeness (QED) is 0.884. The van der Waals surface area contributed by atoms with E-state index in [4.69, 9.17) is 5.26 Å². The molecule has 0 saturated carbocycles. The van der Waals surface area contributed by atoms with Crippen molar-refractivity contribution in [3.63, 3.8) is 0 Å². The highest BCUT2D eigenvalue weighted by Gasteiger charge is 2.03. The summed E-state index contributed by atoms with van der Waals surface area (Å²) in [6.07, 6.45) is 1.02. The van der Waals surface area contributed by atoms with Crippen LogP contribution in [0, 0.1) is 11.3 Å². The molecule has 1 unspecified atom stereocenters. The number of nitriles is 1. The summed E-state index contributed by atoms with van der Waals surface area (Å²) in [4.78, 5) is 0. The molecule has 2 nitrogen and oxygen atoms in total. The summed E-state index contributed by atoms with van der Waals surface area (Å²) >= 11 is 0. The zero-order valence-electron chi connectivity index (χ0n) is 11.1. The fourth-order valence-electron chi connectivity index (χ4n) is 2.03. The summed E-state index contributed by atoms with van der Waals surface area (Å²) in [5.41, 5.74) is 3.27. The molecule has 19 heavy (non-hydrogen) atoms. The van der Waals surface area contributed by atoms with Gasteiger partial charge in [-0.15, -0.1) is 0 Å². The Balaban J connectivity index is 1.83. The van der Waals surface area contributed by atoms with Crippen LogP contribution in [0.5, 0.6) is 0 Å². The van der Waals surface area contributed by atoms with Crippen LogP contribution in [0.2, 0.25) is 0 Å². The van der Waals surface area contributed by atoms with E-state index in [9.17, 15) is 0 Å². The van der Waals surface area contributed by atoms with Crippen molar-refractivity contribution < 1.29 is 0 Å². The van der Waals surface area contributed by atoms with E-state index < -0.39 is 0 Å². The predicted octanol–water partition coefficient (Wildman–Crippen LogP) is 3.28. The van der Waals surface area contributed by atoms with Crippen molar-refractivity contribution in [3.05, 3.63) is 71.3 Å². The topological polar surface area (TPSA) is 35.8 Å². The lowest BCUT2D eigenvalue weighted by molar-refractivity contribution is 0.545. The lowest BCUT2D eigenvalue weighted by Gasteiger charge is -2.14. The molecule has 0 amide bonds. The van der Waals surface area contributed by atoms with Crippen LogP contribution >= 0.6 is 0 Å². The molecule has 0 saturated heterocycles. The lowest BCUT2D eigenvalue weighted by atomic mass is 10.1. The highest BCUT2D eigenvalue weighted by atomic mass is 14.9. The van der Waals surface area contributed by atoms with Gasteiger partial charge in [0.25, 0.3) is 0 Å². The van der Waals surface area contributed by atoms with E-state index in [1.165, 1.54) is 11.1 Å². The van der Waals surface area contributed by atoms with E-state index >= 15 is 0 Å². The van der Waals surface area contributed by atoms with Gasteiger partial charge in [0.15, 0.2) is 0 Å². The molecule has 96 valence electrons. The first-order chi connectivity index (χ1) is 9.28. The first kappa shape index (κ1) is 13.3. The van der Waals surface area contributed by atoms with Crippen LogP contribution in [0.25, 0.3) is 0 Å². The number of rotatable bonds is 5. The molecule has 0 aliphatic rings. The molecule has 0 aliphatic carbocycles. The average molecular weight is 250 g/mol. The third kappa shape index (κ3) is 4.24. The Bertz CT molecular complexity index is 538. The molecule has 0 bridgehead atoms. The Morgan fingerprint density at radius 1 is 1.00 bits per heavy atom. The van der Waals surface area contributed by atoms with Crippen molar-refractivity contribution in [2.24, 2.45) is 0 Å². The Morgan fingerprint density at radius 3 is 2.32 bits per heavy atom. The molecular weight excluding hydrogens is 232 g/mol.